The average molecular weight is 183 g/mol. The fourth-order valence-electron chi connectivity index (χ4n) is 1.64. The fraction of sp³-hybridized carbons (Fsp3) is 0.556. The molecule has 1 atom stereocenters. The first-order valence-electron chi connectivity index (χ1n) is 4.26. The van der Waals surface area contributed by atoms with Crippen molar-refractivity contribution in [2.75, 3.05) is 0 Å². The zero-order valence-electron chi connectivity index (χ0n) is 7.05. The van der Waals surface area contributed by atoms with Crippen molar-refractivity contribution < 1.29 is 0 Å². The maximum atomic E-state index is 5.70. The second-order valence-corrected chi connectivity index (χ2v) is 3.80. The maximum absolute atomic E-state index is 5.70. The third kappa shape index (κ3) is 1.44. The highest BCUT2D eigenvalue weighted by atomic mass is 35.5. The third-order valence-electron chi connectivity index (χ3n) is 2.37. The van der Waals surface area contributed by atoms with Gasteiger partial charge in [-0.3, -0.25) is 0 Å². The number of aromatic nitrogens is 2. The van der Waals surface area contributed by atoms with Crippen LogP contribution in [-0.4, -0.2) is 9.97 Å². The fourth-order valence-corrected chi connectivity index (χ4v) is 1.79. The van der Waals surface area contributed by atoms with E-state index in [4.69, 9.17) is 11.6 Å². The Hall–Kier alpha value is -0.630. The van der Waals surface area contributed by atoms with E-state index in [9.17, 15) is 0 Å². The molecule has 12 heavy (non-hydrogen) atoms. The zero-order valence-corrected chi connectivity index (χ0v) is 7.80. The molecule has 64 valence electrons. The predicted molar refractivity (Wildman–Crippen MR) is 48.2 cm³/mol. The summed E-state index contributed by atoms with van der Waals surface area (Å²) in [5.41, 5.74) is 2.42. The van der Waals surface area contributed by atoms with E-state index in [1.54, 1.807) is 0 Å². The smallest absolute Gasteiger partial charge is 0.222 e. The van der Waals surface area contributed by atoms with Crippen LogP contribution < -0.4 is 0 Å². The molecule has 0 saturated carbocycles. The highest BCUT2D eigenvalue weighted by molar-refractivity contribution is 6.28. The first-order chi connectivity index (χ1) is 5.75. The number of halogens is 1. The van der Waals surface area contributed by atoms with Gasteiger partial charge in [-0.15, -0.1) is 0 Å². The normalized spacial score (nSPS) is 22.0. The Morgan fingerprint density at radius 3 is 3.25 bits per heavy atom. The van der Waals surface area contributed by atoms with Crippen molar-refractivity contribution in [3.63, 3.8) is 0 Å². The number of rotatable bonds is 0. The zero-order chi connectivity index (χ0) is 8.55. The quantitative estimate of drug-likeness (QED) is 0.576. The molecule has 0 aromatic carbocycles. The van der Waals surface area contributed by atoms with Gasteiger partial charge in [0.15, 0.2) is 0 Å². The van der Waals surface area contributed by atoms with Crippen LogP contribution in [0, 0.1) is 5.92 Å². The molecule has 0 saturated heterocycles. The Labute approximate surface area is 77.0 Å². The minimum atomic E-state index is 0.378. The Balaban J connectivity index is 2.37. The molecule has 0 spiro atoms. The van der Waals surface area contributed by atoms with Crippen LogP contribution in [0.2, 0.25) is 5.28 Å². The number of nitrogens with zero attached hydrogens (tertiary/aromatic N) is 2. The first-order valence-corrected chi connectivity index (χ1v) is 4.64. The lowest BCUT2D eigenvalue weighted by Crippen LogP contribution is -2.13. The summed E-state index contributed by atoms with van der Waals surface area (Å²) in [5, 5.41) is 0.378. The molecule has 0 radical (unpaired) electrons. The first kappa shape index (κ1) is 7.99. The highest BCUT2D eigenvalue weighted by Crippen LogP contribution is 2.23. The van der Waals surface area contributed by atoms with Crippen LogP contribution in [0.1, 0.15) is 24.6 Å². The molecule has 1 aromatic heterocycles. The summed E-state index contributed by atoms with van der Waals surface area (Å²) in [5.74, 6) is 0.739. The van der Waals surface area contributed by atoms with Gasteiger partial charge in [0.2, 0.25) is 5.28 Å². The van der Waals surface area contributed by atoms with Crippen molar-refractivity contribution in [1.29, 1.82) is 0 Å². The summed E-state index contributed by atoms with van der Waals surface area (Å²) in [6.07, 6.45) is 5.26. The lowest BCUT2D eigenvalue weighted by molar-refractivity contribution is 0.490. The van der Waals surface area contributed by atoms with Crippen molar-refractivity contribution in [1.82, 2.24) is 9.97 Å². The van der Waals surface area contributed by atoms with E-state index in [-0.39, 0.29) is 0 Å². The molecule has 1 aliphatic rings. The van der Waals surface area contributed by atoms with Gasteiger partial charge in [-0.2, -0.15) is 0 Å². The molecule has 0 amide bonds. The van der Waals surface area contributed by atoms with Crippen molar-refractivity contribution in [3.8, 4) is 0 Å². The third-order valence-corrected chi connectivity index (χ3v) is 2.56. The second kappa shape index (κ2) is 3.02. The monoisotopic (exact) mass is 182 g/mol. The number of hydrogen-bond donors (Lipinski definition) is 0. The molecule has 3 heteroatoms. The SMILES string of the molecule is CC1CCc2cnc(Cl)nc2C1. The molecule has 2 rings (SSSR count). The molecule has 1 aliphatic carbocycles. The number of hydrogen-bond acceptors (Lipinski definition) is 2. The molecule has 1 heterocycles. The topological polar surface area (TPSA) is 25.8 Å². The Bertz CT molecular complexity index is 299. The van der Waals surface area contributed by atoms with Crippen LogP contribution in [0.3, 0.4) is 0 Å². The van der Waals surface area contributed by atoms with Crippen molar-refractivity contribution >= 4 is 11.6 Å². The van der Waals surface area contributed by atoms with Gasteiger partial charge in [-0.05, 0) is 42.3 Å². The minimum absolute atomic E-state index is 0.378. The maximum Gasteiger partial charge on any atom is 0.222 e. The van der Waals surface area contributed by atoms with E-state index in [2.05, 4.69) is 16.9 Å². The molecular formula is C9H11ClN2. The minimum Gasteiger partial charge on any atom is -0.226 e. The summed E-state index contributed by atoms with van der Waals surface area (Å²) >= 11 is 5.70. The Kier molecular flexibility index (Phi) is 2.01. The summed E-state index contributed by atoms with van der Waals surface area (Å²) in [7, 11) is 0. The molecule has 2 nitrogen and oxygen atoms in total. The molecule has 0 fully saturated rings. The van der Waals surface area contributed by atoms with Gasteiger partial charge in [0.25, 0.3) is 0 Å². The predicted octanol–water partition coefficient (Wildman–Crippen LogP) is 2.25. The Morgan fingerprint density at radius 1 is 1.58 bits per heavy atom. The van der Waals surface area contributed by atoms with Gasteiger partial charge in [0.05, 0.1) is 0 Å². The van der Waals surface area contributed by atoms with E-state index in [1.165, 1.54) is 12.0 Å². The van der Waals surface area contributed by atoms with Crippen molar-refractivity contribution in [3.05, 3.63) is 22.7 Å². The lowest BCUT2D eigenvalue weighted by Gasteiger charge is -2.19. The van der Waals surface area contributed by atoms with Crippen LogP contribution in [0.5, 0.6) is 0 Å². The van der Waals surface area contributed by atoms with Gasteiger partial charge in [-0.1, -0.05) is 6.92 Å². The van der Waals surface area contributed by atoms with Crippen LogP contribution in [0.25, 0.3) is 0 Å². The van der Waals surface area contributed by atoms with Gasteiger partial charge >= 0.3 is 0 Å². The van der Waals surface area contributed by atoms with Crippen LogP contribution in [-0.2, 0) is 12.8 Å². The lowest BCUT2D eigenvalue weighted by atomic mass is 9.89. The summed E-state index contributed by atoms with van der Waals surface area (Å²) < 4.78 is 0. The van der Waals surface area contributed by atoms with E-state index >= 15 is 0 Å². The molecule has 1 aromatic rings. The van der Waals surface area contributed by atoms with Gasteiger partial charge in [-0.25, -0.2) is 9.97 Å². The molecule has 0 N–H and O–H groups in total. The van der Waals surface area contributed by atoms with Crippen molar-refractivity contribution in [2.24, 2.45) is 5.92 Å². The van der Waals surface area contributed by atoms with Crippen LogP contribution in [0.4, 0.5) is 0 Å². The number of aryl methyl sites for hydroxylation is 1. The molecule has 0 aliphatic heterocycles. The number of fused-ring (bicyclic) bond motifs is 1. The highest BCUT2D eigenvalue weighted by Gasteiger charge is 2.16. The van der Waals surface area contributed by atoms with Gasteiger partial charge < -0.3 is 0 Å². The van der Waals surface area contributed by atoms with Gasteiger partial charge in [0.1, 0.15) is 0 Å². The van der Waals surface area contributed by atoms with E-state index in [0.717, 1.165) is 24.5 Å². The van der Waals surface area contributed by atoms with E-state index < -0.39 is 0 Å². The van der Waals surface area contributed by atoms with Crippen LogP contribution >= 0.6 is 11.6 Å². The summed E-state index contributed by atoms with van der Waals surface area (Å²) in [4.78, 5) is 8.19. The summed E-state index contributed by atoms with van der Waals surface area (Å²) in [6.45, 7) is 2.25. The Morgan fingerprint density at radius 2 is 2.42 bits per heavy atom. The van der Waals surface area contributed by atoms with E-state index in [1.807, 2.05) is 6.20 Å². The summed E-state index contributed by atoms with van der Waals surface area (Å²) in [6, 6.07) is 0. The molecule has 0 bridgehead atoms. The molecular weight excluding hydrogens is 172 g/mol. The largest absolute Gasteiger partial charge is 0.226 e. The molecule has 1 unspecified atom stereocenters. The average Bonchev–Trinajstić information content (AvgIpc) is 2.03. The van der Waals surface area contributed by atoms with Crippen molar-refractivity contribution in [2.45, 2.75) is 26.2 Å². The van der Waals surface area contributed by atoms with E-state index in [0.29, 0.717) is 5.28 Å². The standard InChI is InChI=1S/C9H11ClN2/c1-6-2-3-7-5-11-9(10)12-8(7)4-6/h5-6H,2-4H2,1H3. The second-order valence-electron chi connectivity index (χ2n) is 3.46. The van der Waals surface area contributed by atoms with Gasteiger partial charge in [0, 0.05) is 11.9 Å². The van der Waals surface area contributed by atoms with Crippen LogP contribution in [0.15, 0.2) is 6.20 Å².